The van der Waals surface area contributed by atoms with Gasteiger partial charge in [0.2, 0.25) is 0 Å². The lowest BCUT2D eigenvalue weighted by molar-refractivity contribution is -0.141. The fraction of sp³-hybridized carbons (Fsp3) is 0.333. The standard InChI is InChI=1S/C12H12FNO4/c13-9-2-1-7(3-4-14)5-8(9)12(18)10(15)6-11(16)17/h1-2,5,10,12,15,18H,3,6H2,(H,16,17). The van der Waals surface area contributed by atoms with Gasteiger partial charge in [0.05, 0.1) is 25.0 Å². The third-order valence-corrected chi connectivity index (χ3v) is 2.41. The van der Waals surface area contributed by atoms with Crippen LogP contribution in [0.5, 0.6) is 0 Å². The van der Waals surface area contributed by atoms with Gasteiger partial charge in [-0.1, -0.05) is 6.07 Å². The summed E-state index contributed by atoms with van der Waals surface area (Å²) in [5, 5.41) is 36.1. The van der Waals surface area contributed by atoms with Crippen molar-refractivity contribution >= 4 is 5.97 Å². The van der Waals surface area contributed by atoms with Gasteiger partial charge in [-0.3, -0.25) is 4.79 Å². The zero-order valence-electron chi connectivity index (χ0n) is 9.38. The molecule has 0 saturated carbocycles. The number of nitrogens with zero attached hydrogens (tertiary/aromatic N) is 1. The van der Waals surface area contributed by atoms with Gasteiger partial charge in [-0.25, -0.2) is 4.39 Å². The van der Waals surface area contributed by atoms with Crippen LogP contribution in [0.3, 0.4) is 0 Å². The number of aliphatic hydroxyl groups excluding tert-OH is 2. The minimum absolute atomic E-state index is 0.0367. The number of aliphatic carboxylic acids is 1. The van der Waals surface area contributed by atoms with E-state index in [1.54, 1.807) is 0 Å². The van der Waals surface area contributed by atoms with E-state index < -0.39 is 30.4 Å². The van der Waals surface area contributed by atoms with E-state index >= 15 is 0 Å². The van der Waals surface area contributed by atoms with Crippen molar-refractivity contribution in [2.45, 2.75) is 25.0 Å². The van der Waals surface area contributed by atoms with Crippen molar-refractivity contribution in [3.05, 3.63) is 35.1 Å². The molecule has 0 aliphatic rings. The predicted molar refractivity (Wildman–Crippen MR) is 58.9 cm³/mol. The first-order valence-corrected chi connectivity index (χ1v) is 5.19. The van der Waals surface area contributed by atoms with Crippen molar-refractivity contribution in [3.63, 3.8) is 0 Å². The molecule has 1 aromatic rings. The van der Waals surface area contributed by atoms with Crippen LogP contribution in [0.15, 0.2) is 18.2 Å². The van der Waals surface area contributed by atoms with Gasteiger partial charge in [0, 0.05) is 5.56 Å². The highest BCUT2D eigenvalue weighted by Gasteiger charge is 2.24. The average molecular weight is 253 g/mol. The van der Waals surface area contributed by atoms with E-state index in [0.29, 0.717) is 5.56 Å². The van der Waals surface area contributed by atoms with Crippen LogP contribution in [0.2, 0.25) is 0 Å². The van der Waals surface area contributed by atoms with Crippen LogP contribution >= 0.6 is 0 Å². The molecule has 1 aromatic carbocycles. The number of aliphatic hydroxyl groups is 2. The Morgan fingerprint density at radius 2 is 2.11 bits per heavy atom. The number of halogens is 1. The third-order valence-electron chi connectivity index (χ3n) is 2.41. The fourth-order valence-corrected chi connectivity index (χ4v) is 1.52. The van der Waals surface area contributed by atoms with Gasteiger partial charge in [-0.2, -0.15) is 5.26 Å². The lowest BCUT2D eigenvalue weighted by atomic mass is 9.99. The Morgan fingerprint density at radius 3 is 2.67 bits per heavy atom. The summed E-state index contributed by atoms with van der Waals surface area (Å²) in [5.41, 5.74) is 0.270. The molecule has 0 saturated heterocycles. The number of nitriles is 1. The molecule has 1 rings (SSSR count). The molecular formula is C12H12FNO4. The first-order chi connectivity index (χ1) is 8.45. The molecule has 5 nitrogen and oxygen atoms in total. The first kappa shape index (κ1) is 14.1. The van der Waals surface area contributed by atoms with Crippen molar-refractivity contribution in [2.24, 2.45) is 0 Å². The number of rotatable bonds is 5. The molecule has 96 valence electrons. The molecule has 0 spiro atoms. The SMILES string of the molecule is N#CCc1ccc(F)c(C(O)C(O)CC(=O)O)c1. The summed E-state index contributed by atoms with van der Waals surface area (Å²) in [6.45, 7) is 0. The second-order valence-electron chi connectivity index (χ2n) is 3.80. The molecule has 2 atom stereocenters. The predicted octanol–water partition coefficient (Wildman–Crippen LogP) is 0.761. The van der Waals surface area contributed by atoms with E-state index in [4.69, 9.17) is 10.4 Å². The van der Waals surface area contributed by atoms with Crippen LogP contribution in [0.1, 0.15) is 23.7 Å². The maximum atomic E-state index is 13.5. The monoisotopic (exact) mass is 253 g/mol. The van der Waals surface area contributed by atoms with Crippen LogP contribution in [0, 0.1) is 17.1 Å². The van der Waals surface area contributed by atoms with Gasteiger partial charge in [-0.05, 0) is 17.7 Å². The number of benzene rings is 1. The largest absolute Gasteiger partial charge is 0.481 e. The minimum Gasteiger partial charge on any atom is -0.481 e. The molecule has 0 aliphatic heterocycles. The van der Waals surface area contributed by atoms with E-state index in [9.17, 15) is 19.4 Å². The normalized spacial score (nSPS) is 13.7. The molecule has 0 amide bonds. The lowest BCUT2D eigenvalue weighted by Crippen LogP contribution is -2.22. The molecule has 2 unspecified atom stereocenters. The Balaban J connectivity index is 2.96. The summed E-state index contributed by atoms with van der Waals surface area (Å²) in [4.78, 5) is 10.4. The van der Waals surface area contributed by atoms with Crippen molar-refractivity contribution < 1.29 is 24.5 Å². The highest BCUT2D eigenvalue weighted by Crippen LogP contribution is 2.23. The summed E-state index contributed by atoms with van der Waals surface area (Å²) < 4.78 is 13.5. The van der Waals surface area contributed by atoms with E-state index in [1.807, 2.05) is 6.07 Å². The quantitative estimate of drug-likeness (QED) is 0.719. The maximum absolute atomic E-state index is 13.5. The summed E-state index contributed by atoms with van der Waals surface area (Å²) in [7, 11) is 0. The Bertz CT molecular complexity index is 483. The molecule has 6 heteroatoms. The molecule has 3 N–H and O–H groups in total. The molecular weight excluding hydrogens is 241 g/mol. The van der Waals surface area contributed by atoms with Crippen molar-refractivity contribution in [1.29, 1.82) is 5.26 Å². The number of carboxylic acid groups (broad SMARTS) is 1. The smallest absolute Gasteiger partial charge is 0.306 e. The van der Waals surface area contributed by atoms with E-state index in [0.717, 1.165) is 6.07 Å². The van der Waals surface area contributed by atoms with Crippen LogP contribution in [-0.4, -0.2) is 27.4 Å². The van der Waals surface area contributed by atoms with Crippen molar-refractivity contribution in [2.75, 3.05) is 0 Å². The lowest BCUT2D eigenvalue weighted by Gasteiger charge is -2.17. The Labute approximate surface area is 103 Å². The molecule has 0 aliphatic carbocycles. The second kappa shape index (κ2) is 6.10. The summed E-state index contributed by atoms with van der Waals surface area (Å²) in [6.07, 6.45) is -3.90. The molecule has 0 fully saturated rings. The molecule has 0 aromatic heterocycles. The zero-order chi connectivity index (χ0) is 13.7. The van der Waals surface area contributed by atoms with Gasteiger partial charge in [0.15, 0.2) is 0 Å². The number of hydrogen-bond acceptors (Lipinski definition) is 4. The van der Waals surface area contributed by atoms with Gasteiger partial charge in [0.25, 0.3) is 0 Å². The highest BCUT2D eigenvalue weighted by molar-refractivity contribution is 5.67. The van der Waals surface area contributed by atoms with Crippen LogP contribution in [-0.2, 0) is 11.2 Å². The summed E-state index contributed by atoms with van der Waals surface area (Å²) in [6, 6.07) is 5.57. The van der Waals surface area contributed by atoms with Gasteiger partial charge in [-0.15, -0.1) is 0 Å². The van der Waals surface area contributed by atoms with E-state index in [2.05, 4.69) is 0 Å². The molecule has 0 heterocycles. The number of hydrogen-bond donors (Lipinski definition) is 3. The zero-order valence-corrected chi connectivity index (χ0v) is 9.38. The highest BCUT2D eigenvalue weighted by atomic mass is 19.1. The summed E-state index contributed by atoms with van der Waals surface area (Å²) in [5.74, 6) is -2.05. The van der Waals surface area contributed by atoms with Gasteiger partial charge < -0.3 is 15.3 Å². The minimum atomic E-state index is -1.64. The first-order valence-electron chi connectivity index (χ1n) is 5.19. The van der Waals surface area contributed by atoms with Crippen LogP contribution in [0.4, 0.5) is 4.39 Å². The molecule has 0 bridgehead atoms. The Kier molecular flexibility index (Phi) is 4.77. The molecule has 0 radical (unpaired) electrons. The van der Waals surface area contributed by atoms with E-state index in [-0.39, 0.29) is 12.0 Å². The van der Waals surface area contributed by atoms with Crippen molar-refractivity contribution in [1.82, 2.24) is 0 Å². The third kappa shape index (κ3) is 3.52. The fourth-order valence-electron chi connectivity index (χ4n) is 1.52. The van der Waals surface area contributed by atoms with Gasteiger partial charge in [0.1, 0.15) is 11.9 Å². The Hall–Kier alpha value is -1.97. The van der Waals surface area contributed by atoms with Crippen LogP contribution < -0.4 is 0 Å². The second-order valence-corrected chi connectivity index (χ2v) is 3.80. The Morgan fingerprint density at radius 1 is 1.44 bits per heavy atom. The van der Waals surface area contributed by atoms with Crippen molar-refractivity contribution in [3.8, 4) is 6.07 Å². The average Bonchev–Trinajstić information content (AvgIpc) is 2.30. The van der Waals surface area contributed by atoms with Gasteiger partial charge >= 0.3 is 5.97 Å². The molecule has 18 heavy (non-hydrogen) atoms. The van der Waals surface area contributed by atoms with E-state index in [1.165, 1.54) is 12.1 Å². The van der Waals surface area contributed by atoms with Crippen LogP contribution in [0.25, 0.3) is 0 Å². The number of carbonyl (C=O) groups is 1. The number of carboxylic acids is 1. The maximum Gasteiger partial charge on any atom is 0.306 e. The topological polar surface area (TPSA) is 102 Å². The summed E-state index contributed by atoms with van der Waals surface area (Å²) >= 11 is 0.